The molecule has 0 spiro atoms. The van der Waals surface area contributed by atoms with Crippen LogP contribution in [0.1, 0.15) is 38.2 Å². The van der Waals surface area contributed by atoms with Crippen LogP contribution < -0.4 is 5.32 Å². The molecular formula is C22H26N6O2S2. The number of carbonyl (C=O) groups excluding carboxylic acids is 2. The predicted molar refractivity (Wildman–Crippen MR) is 126 cm³/mol. The average Bonchev–Trinajstić information content (AvgIpc) is 3.49. The number of thioether (sulfide) groups is 1. The Morgan fingerprint density at radius 2 is 2.09 bits per heavy atom. The summed E-state index contributed by atoms with van der Waals surface area (Å²) in [6.07, 6.45) is 4.91. The van der Waals surface area contributed by atoms with Crippen molar-refractivity contribution < 1.29 is 9.59 Å². The molecule has 32 heavy (non-hydrogen) atoms. The summed E-state index contributed by atoms with van der Waals surface area (Å²) < 4.78 is 1.89. The van der Waals surface area contributed by atoms with Crippen LogP contribution in [0.15, 0.2) is 47.3 Å². The zero-order chi connectivity index (χ0) is 22.5. The number of thiazole rings is 1. The number of benzene rings is 1. The third-order valence-electron chi connectivity index (χ3n) is 5.49. The van der Waals surface area contributed by atoms with Crippen LogP contribution in [0.5, 0.6) is 0 Å². The average molecular weight is 471 g/mol. The van der Waals surface area contributed by atoms with Crippen molar-refractivity contribution in [2.45, 2.75) is 37.8 Å². The van der Waals surface area contributed by atoms with Crippen LogP contribution in [0.2, 0.25) is 0 Å². The Bertz CT molecular complexity index is 1050. The van der Waals surface area contributed by atoms with E-state index in [1.165, 1.54) is 28.7 Å². The molecule has 0 bridgehead atoms. The van der Waals surface area contributed by atoms with Crippen LogP contribution in [0, 0.1) is 5.92 Å². The Balaban J connectivity index is 1.34. The first-order valence-corrected chi connectivity index (χ1v) is 12.5. The first-order chi connectivity index (χ1) is 15.5. The van der Waals surface area contributed by atoms with E-state index in [9.17, 15) is 9.59 Å². The highest BCUT2D eigenvalue weighted by Gasteiger charge is 2.29. The summed E-state index contributed by atoms with van der Waals surface area (Å²) in [5.41, 5.74) is 2.23. The predicted octanol–water partition coefficient (Wildman–Crippen LogP) is 3.82. The van der Waals surface area contributed by atoms with E-state index in [1.807, 2.05) is 22.1 Å². The standard InChI is InChI=1S/C22H26N6O2S2/c1-15(2)16-5-7-18(8-6-16)28-14-24-26-22(28)32-13-19(29)27-10-3-4-17(12-27)20(30)25-21-23-9-11-31-21/h5-9,11,14-15,17H,3-4,10,12-13H2,1-2H3,(H,23,25,30). The molecule has 1 aliphatic rings. The molecule has 4 rings (SSSR count). The van der Waals surface area contributed by atoms with Crippen molar-refractivity contribution in [3.63, 3.8) is 0 Å². The fourth-order valence-electron chi connectivity index (χ4n) is 3.65. The molecule has 0 aliphatic carbocycles. The lowest BCUT2D eigenvalue weighted by Crippen LogP contribution is -2.44. The van der Waals surface area contributed by atoms with Crippen molar-refractivity contribution in [2.75, 3.05) is 24.2 Å². The maximum Gasteiger partial charge on any atom is 0.233 e. The number of aromatic nitrogens is 4. The van der Waals surface area contributed by atoms with Crippen LogP contribution in [-0.4, -0.2) is 55.3 Å². The molecule has 1 atom stereocenters. The van der Waals surface area contributed by atoms with E-state index < -0.39 is 0 Å². The Morgan fingerprint density at radius 3 is 2.81 bits per heavy atom. The second kappa shape index (κ2) is 10.3. The monoisotopic (exact) mass is 470 g/mol. The van der Waals surface area contributed by atoms with Crippen LogP contribution in [0.25, 0.3) is 5.69 Å². The number of piperidine rings is 1. The fourth-order valence-corrected chi connectivity index (χ4v) is 5.01. The van der Waals surface area contributed by atoms with Gasteiger partial charge in [-0.05, 0) is 36.5 Å². The zero-order valence-corrected chi connectivity index (χ0v) is 19.7. The maximum atomic E-state index is 12.9. The number of carbonyl (C=O) groups is 2. The molecule has 3 heterocycles. The summed E-state index contributed by atoms with van der Waals surface area (Å²) in [5.74, 6) is 0.433. The summed E-state index contributed by atoms with van der Waals surface area (Å²) in [6, 6.07) is 8.29. The largest absolute Gasteiger partial charge is 0.341 e. The molecule has 3 aromatic rings. The molecule has 0 radical (unpaired) electrons. The van der Waals surface area contributed by atoms with Crippen molar-refractivity contribution in [2.24, 2.45) is 5.92 Å². The Labute approximate surface area is 195 Å². The first-order valence-electron chi connectivity index (χ1n) is 10.6. The van der Waals surface area contributed by atoms with Gasteiger partial charge in [0.1, 0.15) is 6.33 Å². The number of rotatable bonds is 7. The summed E-state index contributed by atoms with van der Waals surface area (Å²) in [5, 5.41) is 14.1. The summed E-state index contributed by atoms with van der Waals surface area (Å²) in [6.45, 7) is 5.42. The summed E-state index contributed by atoms with van der Waals surface area (Å²) in [7, 11) is 0. The molecule has 1 fully saturated rings. The van der Waals surface area contributed by atoms with Crippen molar-refractivity contribution in [3.8, 4) is 5.69 Å². The lowest BCUT2D eigenvalue weighted by Gasteiger charge is -2.31. The van der Waals surface area contributed by atoms with Gasteiger partial charge in [-0.3, -0.25) is 14.2 Å². The smallest absolute Gasteiger partial charge is 0.233 e. The van der Waals surface area contributed by atoms with Gasteiger partial charge in [0.05, 0.1) is 11.7 Å². The molecule has 8 nitrogen and oxygen atoms in total. The molecule has 1 aliphatic heterocycles. The van der Waals surface area contributed by atoms with Crippen molar-refractivity contribution >= 4 is 40.0 Å². The van der Waals surface area contributed by atoms with E-state index in [-0.39, 0.29) is 23.5 Å². The minimum atomic E-state index is -0.218. The SMILES string of the molecule is CC(C)c1ccc(-n2cnnc2SCC(=O)N2CCCC(C(=O)Nc3nccs3)C2)cc1. The number of hydrogen-bond acceptors (Lipinski definition) is 7. The van der Waals surface area contributed by atoms with Gasteiger partial charge < -0.3 is 10.2 Å². The zero-order valence-electron chi connectivity index (χ0n) is 18.1. The highest BCUT2D eigenvalue weighted by Crippen LogP contribution is 2.24. The number of amides is 2. The molecule has 2 amide bonds. The molecule has 2 aromatic heterocycles. The normalized spacial score (nSPS) is 16.3. The minimum Gasteiger partial charge on any atom is -0.341 e. The number of nitrogens with zero attached hydrogens (tertiary/aromatic N) is 5. The van der Waals surface area contributed by atoms with Crippen LogP contribution >= 0.6 is 23.1 Å². The second-order valence-corrected chi connectivity index (χ2v) is 9.86. The van der Waals surface area contributed by atoms with Gasteiger partial charge in [0.25, 0.3) is 0 Å². The van der Waals surface area contributed by atoms with Gasteiger partial charge >= 0.3 is 0 Å². The second-order valence-electron chi connectivity index (χ2n) is 8.02. The molecule has 0 saturated carbocycles. The van der Waals surface area contributed by atoms with Gasteiger partial charge in [0, 0.05) is 30.4 Å². The van der Waals surface area contributed by atoms with Gasteiger partial charge in [0.2, 0.25) is 11.8 Å². The molecule has 1 saturated heterocycles. The Kier molecular flexibility index (Phi) is 7.21. The van der Waals surface area contributed by atoms with Gasteiger partial charge in [-0.2, -0.15) is 0 Å². The number of anilines is 1. The molecule has 10 heteroatoms. The van der Waals surface area contributed by atoms with Crippen LogP contribution in [0.3, 0.4) is 0 Å². The van der Waals surface area contributed by atoms with Crippen LogP contribution in [0.4, 0.5) is 5.13 Å². The molecule has 1 N–H and O–H groups in total. The van der Waals surface area contributed by atoms with Gasteiger partial charge in [0.15, 0.2) is 10.3 Å². The lowest BCUT2D eigenvalue weighted by molar-refractivity contribution is -0.132. The third kappa shape index (κ3) is 5.36. The fraction of sp³-hybridized carbons (Fsp3) is 0.409. The van der Waals surface area contributed by atoms with E-state index in [0.29, 0.717) is 29.3 Å². The summed E-state index contributed by atoms with van der Waals surface area (Å²) in [4.78, 5) is 31.3. The minimum absolute atomic E-state index is 0.00598. The van der Waals surface area contributed by atoms with E-state index >= 15 is 0 Å². The van der Waals surface area contributed by atoms with E-state index in [0.717, 1.165) is 18.5 Å². The van der Waals surface area contributed by atoms with Crippen LogP contribution in [-0.2, 0) is 9.59 Å². The number of nitrogens with one attached hydrogen (secondary N) is 1. The Morgan fingerprint density at radius 1 is 1.28 bits per heavy atom. The third-order valence-corrected chi connectivity index (χ3v) is 7.10. The van der Waals surface area contributed by atoms with Gasteiger partial charge in [-0.1, -0.05) is 37.7 Å². The molecule has 168 valence electrons. The number of likely N-dealkylation sites (tertiary alicyclic amines) is 1. The van der Waals surface area contributed by atoms with Crippen molar-refractivity contribution in [3.05, 3.63) is 47.7 Å². The summed E-state index contributed by atoms with van der Waals surface area (Å²) >= 11 is 2.75. The first kappa shape index (κ1) is 22.5. The number of hydrogen-bond donors (Lipinski definition) is 1. The van der Waals surface area contributed by atoms with E-state index in [2.05, 4.69) is 46.5 Å². The van der Waals surface area contributed by atoms with E-state index in [1.54, 1.807) is 17.4 Å². The molecule has 1 unspecified atom stereocenters. The molecular weight excluding hydrogens is 444 g/mol. The Hall–Kier alpha value is -2.72. The quantitative estimate of drug-likeness (QED) is 0.528. The van der Waals surface area contributed by atoms with Crippen molar-refractivity contribution in [1.82, 2.24) is 24.6 Å². The van der Waals surface area contributed by atoms with E-state index in [4.69, 9.17) is 0 Å². The van der Waals surface area contributed by atoms with Gasteiger partial charge in [-0.25, -0.2) is 4.98 Å². The topological polar surface area (TPSA) is 93.0 Å². The lowest BCUT2D eigenvalue weighted by atomic mass is 9.97. The maximum absolute atomic E-state index is 12.9. The highest BCUT2D eigenvalue weighted by molar-refractivity contribution is 7.99. The molecule has 1 aromatic carbocycles. The van der Waals surface area contributed by atoms with Gasteiger partial charge in [-0.15, -0.1) is 21.5 Å². The highest BCUT2D eigenvalue weighted by atomic mass is 32.2. The van der Waals surface area contributed by atoms with Crippen molar-refractivity contribution in [1.29, 1.82) is 0 Å².